The Morgan fingerprint density at radius 1 is 1.13 bits per heavy atom. The molecule has 0 bridgehead atoms. The average Bonchev–Trinajstić information content (AvgIpc) is 2.56. The van der Waals surface area contributed by atoms with E-state index in [1.807, 2.05) is 42.5 Å². The first kappa shape index (κ1) is 15.8. The minimum Gasteiger partial charge on any atom is -0.322 e. The van der Waals surface area contributed by atoms with Gasteiger partial charge in [-0.05, 0) is 55.1 Å². The van der Waals surface area contributed by atoms with Gasteiger partial charge in [0.15, 0.2) is 0 Å². The molecule has 3 rings (SSSR count). The van der Waals surface area contributed by atoms with Crippen LogP contribution in [-0.4, -0.2) is 23.9 Å². The molecule has 0 spiro atoms. The number of carbonyl (C=O) groups is 1. The third-order valence-electron chi connectivity index (χ3n) is 4.40. The molecular weight excluding hydrogens is 284 g/mol. The second-order valence-corrected chi connectivity index (χ2v) is 6.50. The van der Waals surface area contributed by atoms with Crippen molar-refractivity contribution in [2.45, 2.75) is 26.3 Å². The van der Waals surface area contributed by atoms with Gasteiger partial charge < -0.3 is 5.32 Å². The molecule has 0 aliphatic carbocycles. The number of likely N-dealkylation sites (tertiary alicyclic amines) is 1. The van der Waals surface area contributed by atoms with E-state index in [4.69, 9.17) is 0 Å². The van der Waals surface area contributed by atoms with Gasteiger partial charge in [-0.3, -0.25) is 9.69 Å². The van der Waals surface area contributed by atoms with Crippen LogP contribution in [0.25, 0.3) is 0 Å². The van der Waals surface area contributed by atoms with Crippen LogP contribution in [-0.2, 0) is 6.54 Å². The topological polar surface area (TPSA) is 32.3 Å². The summed E-state index contributed by atoms with van der Waals surface area (Å²) in [6.07, 6.45) is 2.63. The number of para-hydroxylation sites is 1. The number of nitrogens with zero attached hydrogens (tertiary/aromatic N) is 1. The summed E-state index contributed by atoms with van der Waals surface area (Å²) in [7, 11) is 0. The monoisotopic (exact) mass is 308 g/mol. The van der Waals surface area contributed by atoms with E-state index in [-0.39, 0.29) is 5.91 Å². The number of hydrogen-bond acceptors (Lipinski definition) is 2. The van der Waals surface area contributed by atoms with E-state index in [0.29, 0.717) is 5.56 Å². The average molecular weight is 308 g/mol. The quantitative estimate of drug-likeness (QED) is 0.919. The molecular formula is C20H24N2O. The van der Waals surface area contributed by atoms with Gasteiger partial charge in [0, 0.05) is 24.3 Å². The highest BCUT2D eigenvalue weighted by Crippen LogP contribution is 2.18. The summed E-state index contributed by atoms with van der Waals surface area (Å²) in [6.45, 7) is 5.66. The largest absolute Gasteiger partial charge is 0.322 e. The van der Waals surface area contributed by atoms with Crippen LogP contribution in [0.5, 0.6) is 0 Å². The van der Waals surface area contributed by atoms with Crippen molar-refractivity contribution in [1.82, 2.24) is 4.90 Å². The molecule has 1 aliphatic heterocycles. The first-order valence-corrected chi connectivity index (χ1v) is 8.38. The van der Waals surface area contributed by atoms with Gasteiger partial charge in [-0.15, -0.1) is 0 Å². The maximum Gasteiger partial charge on any atom is 0.255 e. The number of hydrogen-bond donors (Lipinski definition) is 1. The lowest BCUT2D eigenvalue weighted by Crippen LogP contribution is -2.33. The molecule has 1 heterocycles. The summed E-state index contributed by atoms with van der Waals surface area (Å²) in [5.74, 6) is 0.731. The number of benzene rings is 2. The van der Waals surface area contributed by atoms with Gasteiger partial charge in [0.25, 0.3) is 5.91 Å². The molecule has 1 saturated heterocycles. The summed E-state index contributed by atoms with van der Waals surface area (Å²) >= 11 is 0. The lowest BCUT2D eigenvalue weighted by Gasteiger charge is -2.30. The zero-order valence-corrected chi connectivity index (χ0v) is 13.7. The van der Waals surface area contributed by atoms with E-state index in [1.54, 1.807) is 0 Å². The molecule has 3 heteroatoms. The fourth-order valence-corrected chi connectivity index (χ4v) is 3.17. The van der Waals surface area contributed by atoms with E-state index in [2.05, 4.69) is 29.3 Å². The maximum absolute atomic E-state index is 12.2. The molecule has 0 saturated carbocycles. The standard InChI is InChI=1S/C20H24N2O/c1-16-6-5-13-22(14-16)15-17-9-11-18(12-10-17)20(23)21-19-7-3-2-4-8-19/h2-4,7-12,16H,5-6,13-15H2,1H3,(H,21,23). The predicted octanol–water partition coefficient (Wildman–Crippen LogP) is 4.17. The van der Waals surface area contributed by atoms with Gasteiger partial charge in [-0.25, -0.2) is 0 Å². The van der Waals surface area contributed by atoms with Crippen molar-refractivity contribution in [3.8, 4) is 0 Å². The second kappa shape index (κ2) is 7.42. The summed E-state index contributed by atoms with van der Waals surface area (Å²) in [6, 6.07) is 17.5. The number of anilines is 1. The lowest BCUT2D eigenvalue weighted by molar-refractivity contribution is 0.102. The molecule has 1 amide bonds. The van der Waals surface area contributed by atoms with Crippen LogP contribution in [0.15, 0.2) is 54.6 Å². The van der Waals surface area contributed by atoms with E-state index in [0.717, 1.165) is 18.2 Å². The van der Waals surface area contributed by atoms with Crippen LogP contribution in [0, 0.1) is 5.92 Å². The van der Waals surface area contributed by atoms with Crippen molar-refractivity contribution >= 4 is 11.6 Å². The molecule has 1 atom stereocenters. The number of piperidine rings is 1. The highest BCUT2D eigenvalue weighted by Gasteiger charge is 2.16. The molecule has 0 aromatic heterocycles. The van der Waals surface area contributed by atoms with Gasteiger partial charge in [-0.2, -0.15) is 0 Å². The van der Waals surface area contributed by atoms with Crippen LogP contribution in [0.3, 0.4) is 0 Å². The fraction of sp³-hybridized carbons (Fsp3) is 0.350. The van der Waals surface area contributed by atoms with Crippen LogP contribution in [0.4, 0.5) is 5.69 Å². The normalized spacial score (nSPS) is 18.6. The molecule has 1 fully saturated rings. The third kappa shape index (κ3) is 4.42. The van der Waals surface area contributed by atoms with Gasteiger partial charge in [0.1, 0.15) is 0 Å². The van der Waals surface area contributed by atoms with Crippen LogP contribution in [0.1, 0.15) is 35.7 Å². The smallest absolute Gasteiger partial charge is 0.255 e. The first-order valence-electron chi connectivity index (χ1n) is 8.38. The summed E-state index contributed by atoms with van der Waals surface area (Å²) in [5, 5.41) is 2.92. The van der Waals surface area contributed by atoms with Gasteiger partial charge >= 0.3 is 0 Å². The van der Waals surface area contributed by atoms with Crippen LogP contribution in [0.2, 0.25) is 0 Å². The third-order valence-corrected chi connectivity index (χ3v) is 4.40. The molecule has 1 aliphatic rings. The van der Waals surface area contributed by atoms with Crippen LogP contribution < -0.4 is 5.32 Å². The van der Waals surface area contributed by atoms with Crippen molar-refractivity contribution in [2.75, 3.05) is 18.4 Å². The fourth-order valence-electron chi connectivity index (χ4n) is 3.17. The van der Waals surface area contributed by atoms with Crippen molar-refractivity contribution in [1.29, 1.82) is 0 Å². The molecule has 3 nitrogen and oxygen atoms in total. The minimum atomic E-state index is -0.0608. The Morgan fingerprint density at radius 2 is 1.87 bits per heavy atom. The molecule has 2 aromatic rings. The molecule has 1 unspecified atom stereocenters. The zero-order chi connectivity index (χ0) is 16.1. The number of carbonyl (C=O) groups excluding carboxylic acids is 1. The van der Waals surface area contributed by atoms with Crippen molar-refractivity contribution in [3.63, 3.8) is 0 Å². The summed E-state index contributed by atoms with van der Waals surface area (Å²) < 4.78 is 0. The SMILES string of the molecule is CC1CCCN(Cc2ccc(C(=O)Nc3ccccc3)cc2)C1. The molecule has 1 N–H and O–H groups in total. The van der Waals surface area contributed by atoms with Crippen molar-refractivity contribution in [2.24, 2.45) is 5.92 Å². The Bertz CT molecular complexity index is 636. The number of nitrogens with one attached hydrogen (secondary N) is 1. The molecule has 0 radical (unpaired) electrons. The van der Waals surface area contributed by atoms with Crippen molar-refractivity contribution < 1.29 is 4.79 Å². The Hall–Kier alpha value is -2.13. The molecule has 23 heavy (non-hydrogen) atoms. The van der Waals surface area contributed by atoms with Crippen molar-refractivity contribution in [3.05, 3.63) is 65.7 Å². The van der Waals surface area contributed by atoms with Gasteiger partial charge in [-0.1, -0.05) is 37.3 Å². The predicted molar refractivity (Wildman–Crippen MR) is 94.5 cm³/mol. The van der Waals surface area contributed by atoms with E-state index in [1.165, 1.54) is 31.5 Å². The number of rotatable bonds is 4. The summed E-state index contributed by atoms with van der Waals surface area (Å²) in [4.78, 5) is 14.7. The van der Waals surface area contributed by atoms with Crippen LogP contribution >= 0.6 is 0 Å². The molecule has 120 valence electrons. The highest BCUT2D eigenvalue weighted by atomic mass is 16.1. The Kier molecular flexibility index (Phi) is 5.09. The first-order chi connectivity index (χ1) is 11.2. The van der Waals surface area contributed by atoms with E-state index < -0.39 is 0 Å². The summed E-state index contributed by atoms with van der Waals surface area (Å²) in [5.41, 5.74) is 2.80. The molecule has 2 aromatic carbocycles. The van der Waals surface area contributed by atoms with E-state index >= 15 is 0 Å². The van der Waals surface area contributed by atoms with E-state index in [9.17, 15) is 4.79 Å². The van der Waals surface area contributed by atoms with Gasteiger partial charge in [0.05, 0.1) is 0 Å². The van der Waals surface area contributed by atoms with Gasteiger partial charge in [0.2, 0.25) is 0 Å². The number of amides is 1. The highest BCUT2D eigenvalue weighted by molar-refractivity contribution is 6.04. The zero-order valence-electron chi connectivity index (χ0n) is 13.7. The second-order valence-electron chi connectivity index (χ2n) is 6.50. The lowest BCUT2D eigenvalue weighted by atomic mass is 9.99. The Morgan fingerprint density at radius 3 is 2.57 bits per heavy atom. The Balaban J connectivity index is 1.59. The minimum absolute atomic E-state index is 0.0608. The Labute approximate surface area is 138 Å². The maximum atomic E-state index is 12.2.